The zero-order valence-corrected chi connectivity index (χ0v) is 13.6. The summed E-state index contributed by atoms with van der Waals surface area (Å²) in [5.74, 6) is -1.97. The quantitative estimate of drug-likeness (QED) is 0.558. The second-order valence-corrected chi connectivity index (χ2v) is 5.27. The average molecular weight is 356 g/mol. The van der Waals surface area contributed by atoms with Crippen LogP contribution in [0.15, 0.2) is 52.8 Å². The number of nitrogens with zero attached hydrogens (tertiary/aromatic N) is 4. The fourth-order valence-corrected chi connectivity index (χ4v) is 2.29. The van der Waals surface area contributed by atoms with Crippen molar-refractivity contribution < 1.29 is 23.8 Å². The Morgan fingerprint density at radius 3 is 2.81 bits per heavy atom. The van der Waals surface area contributed by atoms with E-state index in [0.717, 1.165) is 0 Å². The molecule has 0 unspecified atom stereocenters. The molecule has 2 heterocycles. The molecule has 0 aliphatic heterocycles. The molecule has 0 spiro atoms. The molecule has 3 rings (SSSR count). The highest BCUT2D eigenvalue weighted by molar-refractivity contribution is 5.88. The van der Waals surface area contributed by atoms with E-state index in [2.05, 4.69) is 19.9 Å². The number of pyridine rings is 1. The number of carbonyl (C=O) groups is 2. The Morgan fingerprint density at radius 2 is 2.08 bits per heavy atom. The van der Waals surface area contributed by atoms with Crippen molar-refractivity contribution in [3.05, 3.63) is 59.7 Å². The van der Waals surface area contributed by atoms with Gasteiger partial charge in [-0.15, -0.1) is 10.2 Å². The van der Waals surface area contributed by atoms with Crippen LogP contribution in [0.5, 0.6) is 0 Å². The van der Waals surface area contributed by atoms with E-state index in [0.29, 0.717) is 11.3 Å². The zero-order valence-electron chi connectivity index (χ0n) is 13.6. The molecule has 132 valence electrons. The van der Waals surface area contributed by atoms with E-state index < -0.39 is 17.8 Å². The molecule has 0 amide bonds. The number of hydrogen-bond acceptors (Lipinski definition) is 6. The first kappa shape index (κ1) is 17.2. The second-order valence-electron chi connectivity index (χ2n) is 5.27. The number of fused-ring (bicyclic) bond motifs is 1. The maximum Gasteiger partial charge on any atom is 0.335 e. The van der Waals surface area contributed by atoms with Crippen LogP contribution < -0.4 is 0 Å². The minimum atomic E-state index is -1.09. The molecule has 0 radical (unpaired) electrons. The van der Waals surface area contributed by atoms with Crippen LogP contribution in [-0.4, -0.2) is 33.5 Å². The number of aromatic carboxylic acids is 1. The highest BCUT2D eigenvalue weighted by Gasteiger charge is 2.16. The topological polar surface area (TPSA) is 106 Å². The maximum absolute atomic E-state index is 13.6. The van der Waals surface area contributed by atoms with E-state index in [-0.39, 0.29) is 23.5 Å². The van der Waals surface area contributed by atoms with Crippen molar-refractivity contribution in [2.24, 2.45) is 10.2 Å². The van der Waals surface area contributed by atoms with Crippen molar-refractivity contribution in [1.29, 1.82) is 0 Å². The van der Waals surface area contributed by atoms with Gasteiger partial charge in [0, 0.05) is 6.20 Å². The van der Waals surface area contributed by atoms with Crippen molar-refractivity contribution in [3.63, 3.8) is 0 Å². The normalized spacial score (nSPS) is 11.2. The fourth-order valence-electron chi connectivity index (χ4n) is 2.29. The molecular weight excluding hydrogens is 343 g/mol. The fraction of sp³-hybridized carbons (Fsp3) is 0.118. The molecule has 0 aliphatic rings. The number of carbonyl (C=O) groups excluding carboxylic acids is 1. The van der Waals surface area contributed by atoms with Gasteiger partial charge in [-0.3, -0.25) is 9.20 Å². The van der Waals surface area contributed by atoms with E-state index in [1.165, 1.54) is 48.0 Å². The summed E-state index contributed by atoms with van der Waals surface area (Å²) in [4.78, 5) is 26.9. The van der Waals surface area contributed by atoms with Gasteiger partial charge in [0.05, 0.1) is 30.5 Å². The lowest BCUT2D eigenvalue weighted by atomic mass is 10.2. The lowest BCUT2D eigenvalue weighted by Gasteiger charge is -2.00. The van der Waals surface area contributed by atoms with Crippen LogP contribution in [-0.2, 0) is 16.0 Å². The van der Waals surface area contributed by atoms with E-state index >= 15 is 0 Å². The lowest BCUT2D eigenvalue weighted by molar-refractivity contribution is -0.139. The molecule has 9 heteroatoms. The van der Waals surface area contributed by atoms with Gasteiger partial charge in [0.25, 0.3) is 0 Å². The summed E-state index contributed by atoms with van der Waals surface area (Å²) in [5, 5.41) is 17.1. The number of rotatable bonds is 5. The number of carboxylic acid groups (broad SMARTS) is 1. The predicted octanol–water partition coefficient (Wildman–Crippen LogP) is 3.30. The van der Waals surface area contributed by atoms with Gasteiger partial charge in [0.2, 0.25) is 0 Å². The van der Waals surface area contributed by atoms with Crippen LogP contribution in [0.1, 0.15) is 16.1 Å². The summed E-state index contributed by atoms with van der Waals surface area (Å²) in [6.07, 6.45) is 1.01. The Bertz CT molecular complexity index is 1030. The van der Waals surface area contributed by atoms with Gasteiger partial charge in [-0.05, 0) is 30.3 Å². The van der Waals surface area contributed by atoms with Gasteiger partial charge in [-0.2, -0.15) is 0 Å². The van der Waals surface area contributed by atoms with Crippen molar-refractivity contribution in [1.82, 2.24) is 9.38 Å². The maximum atomic E-state index is 13.6. The molecule has 3 aromatic rings. The number of carboxylic acids is 1. The van der Waals surface area contributed by atoms with Gasteiger partial charge in [-0.25, -0.2) is 14.2 Å². The molecule has 2 aromatic heterocycles. The Hall–Kier alpha value is -3.62. The summed E-state index contributed by atoms with van der Waals surface area (Å²) in [7, 11) is 1.25. The number of aromatic nitrogens is 2. The number of hydrogen-bond donors (Lipinski definition) is 1. The van der Waals surface area contributed by atoms with Crippen molar-refractivity contribution >= 4 is 29.1 Å². The van der Waals surface area contributed by atoms with Gasteiger partial charge < -0.3 is 9.84 Å². The first-order chi connectivity index (χ1) is 12.5. The standard InChI is InChI=1S/C17H13FN4O4/c1-26-15(23)8-13-16(22-9-11(18)5-6-14(22)19-13)21-20-12-4-2-3-10(7-12)17(24)25/h2-7,9H,8H2,1H3,(H,24,25). The minimum absolute atomic E-state index is 0.0559. The van der Waals surface area contributed by atoms with E-state index in [9.17, 15) is 14.0 Å². The Kier molecular flexibility index (Phi) is 4.70. The number of benzene rings is 1. The minimum Gasteiger partial charge on any atom is -0.478 e. The third kappa shape index (κ3) is 3.56. The number of azo groups is 1. The Morgan fingerprint density at radius 1 is 1.27 bits per heavy atom. The van der Waals surface area contributed by atoms with E-state index in [1.54, 1.807) is 6.07 Å². The molecule has 0 saturated heterocycles. The zero-order chi connectivity index (χ0) is 18.7. The third-order valence-electron chi connectivity index (χ3n) is 3.52. The molecule has 0 bridgehead atoms. The van der Waals surface area contributed by atoms with Crippen LogP contribution in [0.2, 0.25) is 0 Å². The number of imidazole rings is 1. The first-order valence-electron chi connectivity index (χ1n) is 7.46. The van der Waals surface area contributed by atoms with Gasteiger partial charge in [0.1, 0.15) is 11.5 Å². The lowest BCUT2D eigenvalue weighted by Crippen LogP contribution is -2.04. The number of ether oxygens (including phenoxy) is 1. The molecule has 0 fully saturated rings. The number of halogens is 1. The molecule has 0 saturated carbocycles. The Labute approximate surface area is 146 Å². The van der Waals surface area contributed by atoms with Crippen LogP contribution in [0.4, 0.5) is 15.9 Å². The number of esters is 1. The predicted molar refractivity (Wildman–Crippen MR) is 88.4 cm³/mol. The van der Waals surface area contributed by atoms with Crippen LogP contribution >= 0.6 is 0 Å². The molecule has 0 atom stereocenters. The molecule has 8 nitrogen and oxygen atoms in total. The summed E-state index contributed by atoms with van der Waals surface area (Å²) >= 11 is 0. The molecule has 0 aliphatic carbocycles. The summed E-state index contributed by atoms with van der Waals surface area (Å²) < 4.78 is 19.6. The van der Waals surface area contributed by atoms with Crippen LogP contribution in [0, 0.1) is 5.82 Å². The van der Waals surface area contributed by atoms with Crippen LogP contribution in [0.25, 0.3) is 5.65 Å². The highest BCUT2D eigenvalue weighted by atomic mass is 19.1. The van der Waals surface area contributed by atoms with E-state index in [1.807, 2.05) is 0 Å². The summed E-state index contributed by atoms with van der Waals surface area (Å²) in [6, 6.07) is 8.55. The first-order valence-corrected chi connectivity index (χ1v) is 7.46. The average Bonchev–Trinajstić information content (AvgIpc) is 2.96. The van der Waals surface area contributed by atoms with Gasteiger partial charge in [-0.1, -0.05) is 6.07 Å². The molecule has 1 N–H and O–H groups in total. The smallest absolute Gasteiger partial charge is 0.335 e. The molecular formula is C17H13FN4O4. The SMILES string of the molecule is COC(=O)Cc1nc2ccc(F)cn2c1N=Nc1cccc(C(=O)O)c1. The van der Waals surface area contributed by atoms with E-state index in [4.69, 9.17) is 5.11 Å². The van der Waals surface area contributed by atoms with Crippen molar-refractivity contribution in [3.8, 4) is 0 Å². The third-order valence-corrected chi connectivity index (χ3v) is 3.52. The monoisotopic (exact) mass is 356 g/mol. The largest absolute Gasteiger partial charge is 0.478 e. The second kappa shape index (κ2) is 7.09. The summed E-state index contributed by atoms with van der Waals surface area (Å²) in [6.45, 7) is 0. The molecule has 26 heavy (non-hydrogen) atoms. The number of methoxy groups -OCH3 is 1. The Balaban J connectivity index is 2.05. The van der Waals surface area contributed by atoms with Crippen molar-refractivity contribution in [2.75, 3.05) is 7.11 Å². The van der Waals surface area contributed by atoms with Crippen LogP contribution in [0.3, 0.4) is 0 Å². The van der Waals surface area contributed by atoms with Gasteiger partial charge in [0.15, 0.2) is 5.82 Å². The van der Waals surface area contributed by atoms with Gasteiger partial charge >= 0.3 is 11.9 Å². The summed E-state index contributed by atoms with van der Waals surface area (Å²) in [5.41, 5.74) is 1.000. The van der Waals surface area contributed by atoms with Crippen molar-refractivity contribution in [2.45, 2.75) is 6.42 Å². The molecule has 1 aromatic carbocycles. The highest BCUT2D eigenvalue weighted by Crippen LogP contribution is 2.25.